The summed E-state index contributed by atoms with van der Waals surface area (Å²) in [5, 5.41) is 8.03. The maximum atomic E-state index is 12.8. The van der Waals surface area contributed by atoms with E-state index in [0.29, 0.717) is 18.2 Å². The van der Waals surface area contributed by atoms with Gasteiger partial charge < -0.3 is 15.5 Å². The number of amides is 1. The molecule has 1 unspecified atom stereocenters. The van der Waals surface area contributed by atoms with Gasteiger partial charge in [-0.25, -0.2) is 0 Å². The molecular weight excluding hydrogens is 390 g/mol. The molecule has 1 atom stereocenters. The third-order valence-electron chi connectivity index (χ3n) is 8.60. The van der Waals surface area contributed by atoms with Crippen LogP contribution in [-0.4, -0.2) is 34.5 Å². The number of allylic oxidation sites excluding steroid dienone is 2. The number of piperidine rings is 1. The minimum Gasteiger partial charge on any atom is -0.363 e. The molecule has 5 heteroatoms. The number of hydrogen-bond donors (Lipinski definition) is 2. The number of nitrogens with zero attached hydrogens (tertiary/aromatic N) is 1. The summed E-state index contributed by atoms with van der Waals surface area (Å²) < 4.78 is 0. The Morgan fingerprint density at radius 2 is 1.77 bits per heavy atom. The monoisotopic (exact) mass is 429 g/mol. The zero-order valence-electron chi connectivity index (χ0n) is 18.5. The number of thiocarbonyl (C=S) groups is 1. The van der Waals surface area contributed by atoms with Crippen LogP contribution in [0.2, 0.25) is 0 Å². The topological polar surface area (TPSA) is 44.4 Å². The Hall–Kier alpha value is -1.10. The molecule has 4 bridgehead atoms. The number of carbonyl (C=O) groups excluding carboxylic acids is 1. The molecule has 6 rings (SSSR count). The molecule has 166 valence electrons. The van der Waals surface area contributed by atoms with Crippen LogP contribution in [0.15, 0.2) is 11.8 Å². The van der Waals surface area contributed by atoms with Gasteiger partial charge >= 0.3 is 0 Å². The van der Waals surface area contributed by atoms with E-state index in [2.05, 4.69) is 21.6 Å². The normalized spacial score (nSPS) is 36.8. The summed E-state index contributed by atoms with van der Waals surface area (Å²) in [7, 11) is 0. The fraction of sp³-hybridized carbons (Fsp3) is 0.840. The number of unbranched alkanes of at least 4 members (excludes halogenated alkanes) is 1. The van der Waals surface area contributed by atoms with Crippen molar-refractivity contribution >= 4 is 23.2 Å². The van der Waals surface area contributed by atoms with Crippen molar-refractivity contribution in [3.63, 3.8) is 0 Å². The minimum absolute atomic E-state index is 0.285. The van der Waals surface area contributed by atoms with Crippen LogP contribution in [0.4, 0.5) is 0 Å². The summed E-state index contributed by atoms with van der Waals surface area (Å²) in [6, 6.07) is 0. The van der Waals surface area contributed by atoms with Gasteiger partial charge in [-0.15, -0.1) is 0 Å². The standard InChI is InChI=1S/C25H39N3OS/c29-23(28-11-5-7-21-6-1-2-8-22(21)28)9-3-4-10-26-24(30)27-25-15-18-12-19(16-25)14-20(13-18)17-25/h8,18-21H,1-7,9-17H2,(H2,26,27,30). The summed E-state index contributed by atoms with van der Waals surface area (Å²) in [4.78, 5) is 14.9. The smallest absolute Gasteiger partial charge is 0.226 e. The molecule has 1 aliphatic heterocycles. The fourth-order valence-corrected chi connectivity index (χ4v) is 8.05. The zero-order chi connectivity index (χ0) is 20.6. The molecule has 5 fully saturated rings. The Morgan fingerprint density at radius 3 is 2.50 bits per heavy atom. The van der Waals surface area contributed by atoms with Gasteiger partial charge in [0.1, 0.15) is 0 Å². The highest BCUT2D eigenvalue weighted by atomic mass is 32.1. The molecule has 0 spiro atoms. The van der Waals surface area contributed by atoms with E-state index in [-0.39, 0.29) is 5.54 Å². The Balaban J connectivity index is 1.02. The van der Waals surface area contributed by atoms with Crippen molar-refractivity contribution in [1.82, 2.24) is 15.5 Å². The van der Waals surface area contributed by atoms with Crippen LogP contribution >= 0.6 is 12.2 Å². The molecule has 30 heavy (non-hydrogen) atoms. The van der Waals surface area contributed by atoms with Gasteiger partial charge in [0.25, 0.3) is 0 Å². The molecule has 0 aromatic carbocycles. The molecular formula is C25H39N3OS. The average Bonchev–Trinajstić information content (AvgIpc) is 2.71. The molecule has 5 aliphatic carbocycles. The third-order valence-corrected chi connectivity index (χ3v) is 8.84. The Kier molecular flexibility index (Phi) is 6.10. The second-order valence-corrected chi connectivity index (χ2v) is 11.4. The first-order valence-corrected chi connectivity index (χ1v) is 13.1. The van der Waals surface area contributed by atoms with E-state index in [1.54, 1.807) is 0 Å². The summed E-state index contributed by atoms with van der Waals surface area (Å²) >= 11 is 5.65. The summed E-state index contributed by atoms with van der Waals surface area (Å²) in [6.07, 6.45) is 19.4. The number of rotatable bonds is 6. The Labute approximate surface area is 187 Å². The molecule has 2 N–H and O–H groups in total. The molecule has 0 radical (unpaired) electrons. The van der Waals surface area contributed by atoms with Crippen LogP contribution in [0.25, 0.3) is 0 Å². The first-order chi connectivity index (χ1) is 14.6. The van der Waals surface area contributed by atoms with E-state index in [1.165, 1.54) is 69.9 Å². The van der Waals surface area contributed by atoms with Gasteiger partial charge in [-0.05, 0) is 119 Å². The van der Waals surface area contributed by atoms with Crippen LogP contribution in [0.5, 0.6) is 0 Å². The van der Waals surface area contributed by atoms with E-state index >= 15 is 0 Å². The van der Waals surface area contributed by atoms with Gasteiger partial charge in [-0.2, -0.15) is 0 Å². The number of carbonyl (C=O) groups is 1. The van der Waals surface area contributed by atoms with Crippen LogP contribution in [0, 0.1) is 23.7 Å². The molecule has 6 aliphatic rings. The van der Waals surface area contributed by atoms with Crippen LogP contribution in [0.1, 0.15) is 89.9 Å². The van der Waals surface area contributed by atoms with Crippen molar-refractivity contribution in [3.05, 3.63) is 11.8 Å². The lowest BCUT2D eigenvalue weighted by molar-refractivity contribution is -0.130. The van der Waals surface area contributed by atoms with Crippen molar-refractivity contribution in [1.29, 1.82) is 0 Å². The first-order valence-electron chi connectivity index (χ1n) is 12.7. The molecule has 4 nitrogen and oxygen atoms in total. The van der Waals surface area contributed by atoms with Crippen molar-refractivity contribution in [2.45, 2.75) is 95.4 Å². The predicted molar refractivity (Wildman–Crippen MR) is 125 cm³/mol. The molecule has 0 aromatic heterocycles. The van der Waals surface area contributed by atoms with Crippen LogP contribution in [0.3, 0.4) is 0 Å². The van der Waals surface area contributed by atoms with Crippen LogP contribution < -0.4 is 10.6 Å². The quantitative estimate of drug-likeness (QED) is 0.466. The average molecular weight is 430 g/mol. The second-order valence-electron chi connectivity index (χ2n) is 11.0. The maximum absolute atomic E-state index is 12.8. The summed E-state index contributed by atoms with van der Waals surface area (Å²) in [6.45, 7) is 1.80. The largest absolute Gasteiger partial charge is 0.363 e. The highest BCUT2D eigenvalue weighted by molar-refractivity contribution is 7.80. The van der Waals surface area contributed by atoms with Crippen molar-refractivity contribution < 1.29 is 4.79 Å². The minimum atomic E-state index is 0.285. The molecule has 4 saturated carbocycles. The second kappa shape index (κ2) is 8.80. The predicted octanol–water partition coefficient (Wildman–Crippen LogP) is 4.90. The molecule has 0 aromatic rings. The van der Waals surface area contributed by atoms with Crippen molar-refractivity contribution in [2.24, 2.45) is 23.7 Å². The van der Waals surface area contributed by atoms with Gasteiger partial charge in [-0.3, -0.25) is 4.79 Å². The highest BCUT2D eigenvalue weighted by Gasteiger charge is 2.51. The zero-order valence-corrected chi connectivity index (χ0v) is 19.3. The van der Waals surface area contributed by atoms with E-state index in [9.17, 15) is 4.79 Å². The summed E-state index contributed by atoms with van der Waals surface area (Å²) in [5.74, 6) is 3.79. The van der Waals surface area contributed by atoms with Gasteiger partial charge in [0.05, 0.1) is 0 Å². The third kappa shape index (κ3) is 4.42. The molecule has 1 amide bonds. The van der Waals surface area contributed by atoms with Gasteiger partial charge in [0.2, 0.25) is 5.91 Å². The highest BCUT2D eigenvalue weighted by Crippen LogP contribution is 2.55. The van der Waals surface area contributed by atoms with Crippen molar-refractivity contribution in [2.75, 3.05) is 13.1 Å². The van der Waals surface area contributed by atoms with E-state index in [1.807, 2.05) is 0 Å². The first kappa shape index (κ1) is 20.8. The van der Waals surface area contributed by atoms with Gasteiger partial charge in [-0.1, -0.05) is 6.08 Å². The van der Waals surface area contributed by atoms with Gasteiger partial charge in [0, 0.05) is 30.7 Å². The fourth-order valence-electron chi connectivity index (χ4n) is 7.73. The lowest BCUT2D eigenvalue weighted by Crippen LogP contribution is -2.61. The lowest BCUT2D eigenvalue weighted by atomic mass is 9.53. The Bertz CT molecular complexity index is 667. The van der Waals surface area contributed by atoms with E-state index in [4.69, 9.17) is 12.2 Å². The number of nitrogens with one attached hydrogen (secondary N) is 2. The van der Waals surface area contributed by atoms with E-state index < -0.39 is 0 Å². The van der Waals surface area contributed by atoms with E-state index in [0.717, 1.165) is 55.2 Å². The number of hydrogen-bond acceptors (Lipinski definition) is 2. The Morgan fingerprint density at radius 1 is 1.07 bits per heavy atom. The molecule has 1 heterocycles. The SMILES string of the molecule is O=C(CCCCNC(=S)NC12CC3CC(CC(C3)C1)C2)N1CCCC2CCCC=C21. The number of fused-ring (bicyclic) bond motifs is 1. The molecule has 1 saturated heterocycles. The van der Waals surface area contributed by atoms with Crippen molar-refractivity contribution in [3.8, 4) is 0 Å². The summed E-state index contributed by atoms with van der Waals surface area (Å²) in [5.41, 5.74) is 1.63. The maximum Gasteiger partial charge on any atom is 0.226 e. The lowest BCUT2D eigenvalue weighted by Gasteiger charge is -2.57. The van der Waals surface area contributed by atoms with Gasteiger partial charge in [0.15, 0.2) is 5.11 Å². The number of likely N-dealkylation sites (tertiary alicyclic amines) is 1. The van der Waals surface area contributed by atoms with Crippen LogP contribution in [-0.2, 0) is 4.79 Å².